The second kappa shape index (κ2) is 8.06. The fourth-order valence-corrected chi connectivity index (χ4v) is 9.28. The molecule has 0 unspecified atom stereocenters. The molecule has 0 radical (unpaired) electrons. The molecule has 2 aliphatic carbocycles. The van der Waals surface area contributed by atoms with Crippen LogP contribution in [0.3, 0.4) is 0 Å². The first-order valence-corrected chi connectivity index (χ1v) is 15.3. The van der Waals surface area contributed by atoms with Crippen LogP contribution < -0.4 is 0 Å². The Morgan fingerprint density at radius 2 is 1.00 bits per heavy atom. The average Bonchev–Trinajstić information content (AvgIpc) is 3.62. The molecule has 0 saturated carbocycles. The Morgan fingerprint density at radius 1 is 0.439 bits per heavy atom. The molecule has 0 amide bonds. The summed E-state index contributed by atoms with van der Waals surface area (Å²) in [6.07, 6.45) is 0. The highest BCUT2D eigenvalue weighted by molar-refractivity contribution is 7.25. The summed E-state index contributed by atoms with van der Waals surface area (Å²) in [4.78, 5) is 0. The summed E-state index contributed by atoms with van der Waals surface area (Å²) < 4.78 is 2.70. The molecule has 1 heteroatoms. The van der Waals surface area contributed by atoms with Crippen molar-refractivity contribution in [3.63, 3.8) is 0 Å². The Kier molecular flexibility index (Phi) is 4.57. The maximum atomic E-state index is 2.43. The number of hydrogen-bond acceptors (Lipinski definition) is 1. The monoisotopic (exact) mass is 540 g/mol. The van der Waals surface area contributed by atoms with Gasteiger partial charge in [0.05, 0.1) is 5.41 Å². The van der Waals surface area contributed by atoms with Gasteiger partial charge in [-0.3, -0.25) is 0 Å². The Labute approximate surface area is 244 Å². The molecule has 0 fully saturated rings. The highest BCUT2D eigenvalue weighted by atomic mass is 32.1. The summed E-state index contributed by atoms with van der Waals surface area (Å²) in [5, 5.41) is 2.75. The minimum Gasteiger partial charge on any atom is -0.135 e. The minimum absolute atomic E-state index is 0.135. The Morgan fingerprint density at radius 3 is 1.73 bits per heavy atom. The standard InChI is InChI=1S/C40H28S/c1-39(2)32-19-11-9-17-27(32)28-21-22-30-29-23-24-34-35(31-18-10-12-20-33(31)41-34)36(29)40(38(30)37(28)39,25-13-5-3-6-14-25)26-15-7-4-8-16-26/h3-24H,1-2H3. The molecule has 0 N–H and O–H groups in total. The third-order valence-corrected chi connectivity index (χ3v) is 10.9. The zero-order valence-electron chi connectivity index (χ0n) is 23.1. The number of rotatable bonds is 2. The van der Waals surface area contributed by atoms with Gasteiger partial charge in [0.2, 0.25) is 0 Å². The third kappa shape index (κ3) is 2.80. The first-order valence-electron chi connectivity index (χ1n) is 14.5. The van der Waals surface area contributed by atoms with E-state index in [2.05, 4.69) is 147 Å². The van der Waals surface area contributed by atoms with Crippen molar-refractivity contribution in [2.24, 2.45) is 0 Å². The smallest absolute Gasteiger partial charge is 0.0723 e. The van der Waals surface area contributed by atoms with Crippen LogP contribution in [0.15, 0.2) is 133 Å². The number of thiophene rings is 1. The fourth-order valence-electron chi connectivity index (χ4n) is 8.16. The summed E-state index contributed by atoms with van der Waals surface area (Å²) in [6.45, 7) is 4.86. The van der Waals surface area contributed by atoms with E-state index in [-0.39, 0.29) is 5.41 Å². The van der Waals surface area contributed by atoms with Crippen LogP contribution in [-0.2, 0) is 10.8 Å². The van der Waals surface area contributed by atoms with Gasteiger partial charge in [0.1, 0.15) is 0 Å². The van der Waals surface area contributed by atoms with Crippen LogP contribution in [0.5, 0.6) is 0 Å². The van der Waals surface area contributed by atoms with Crippen molar-refractivity contribution in [1.29, 1.82) is 0 Å². The van der Waals surface area contributed by atoms with Crippen molar-refractivity contribution in [1.82, 2.24) is 0 Å². The molecule has 6 aromatic carbocycles. The SMILES string of the molecule is CC1(C)c2ccccc2-c2ccc3c(c21)C(c1ccccc1)(c1ccccc1)c1c-3ccc2sc3ccccc3c12. The maximum absolute atomic E-state index is 2.43. The Bertz CT molecular complexity index is 2120. The molecule has 0 spiro atoms. The first-order chi connectivity index (χ1) is 20.1. The summed E-state index contributed by atoms with van der Waals surface area (Å²) in [5.74, 6) is 0. The van der Waals surface area contributed by atoms with Gasteiger partial charge in [-0.1, -0.05) is 135 Å². The van der Waals surface area contributed by atoms with E-state index in [0.29, 0.717) is 0 Å². The van der Waals surface area contributed by atoms with Crippen molar-refractivity contribution in [3.05, 3.63) is 167 Å². The number of fused-ring (bicyclic) bond motifs is 11. The van der Waals surface area contributed by atoms with Crippen LogP contribution in [0.25, 0.3) is 42.4 Å². The summed E-state index contributed by atoms with van der Waals surface area (Å²) in [6, 6.07) is 50.2. The number of hydrogen-bond donors (Lipinski definition) is 0. The van der Waals surface area contributed by atoms with Crippen molar-refractivity contribution < 1.29 is 0 Å². The average molecular weight is 541 g/mol. The summed E-state index contributed by atoms with van der Waals surface area (Å²) in [7, 11) is 0. The van der Waals surface area contributed by atoms with Gasteiger partial charge in [-0.05, 0) is 67.8 Å². The molecule has 1 heterocycles. The van der Waals surface area contributed by atoms with Crippen LogP contribution in [-0.4, -0.2) is 0 Å². The van der Waals surface area contributed by atoms with Gasteiger partial charge in [0.25, 0.3) is 0 Å². The molecule has 9 rings (SSSR count). The lowest BCUT2D eigenvalue weighted by Gasteiger charge is -2.38. The molecule has 0 nitrogen and oxygen atoms in total. The minimum atomic E-state index is -0.457. The van der Waals surface area contributed by atoms with Crippen molar-refractivity contribution in [2.75, 3.05) is 0 Å². The second-order valence-corrected chi connectivity index (χ2v) is 13.1. The zero-order valence-corrected chi connectivity index (χ0v) is 23.9. The molecule has 0 saturated heterocycles. The second-order valence-electron chi connectivity index (χ2n) is 12.0. The lowest BCUT2D eigenvalue weighted by atomic mass is 9.63. The van der Waals surface area contributed by atoms with Gasteiger partial charge in [-0.25, -0.2) is 0 Å². The van der Waals surface area contributed by atoms with Gasteiger partial charge >= 0.3 is 0 Å². The maximum Gasteiger partial charge on any atom is 0.0723 e. The lowest BCUT2D eigenvalue weighted by Crippen LogP contribution is -2.32. The first kappa shape index (κ1) is 23.3. The predicted molar refractivity (Wildman–Crippen MR) is 174 cm³/mol. The summed E-state index contributed by atoms with van der Waals surface area (Å²) >= 11 is 1.91. The van der Waals surface area contributed by atoms with Crippen LogP contribution in [0.4, 0.5) is 0 Å². The van der Waals surface area contributed by atoms with Gasteiger partial charge < -0.3 is 0 Å². The molecule has 194 valence electrons. The predicted octanol–water partition coefficient (Wildman–Crippen LogP) is 10.7. The van der Waals surface area contributed by atoms with E-state index in [4.69, 9.17) is 0 Å². The highest BCUT2D eigenvalue weighted by Crippen LogP contribution is 2.64. The highest BCUT2D eigenvalue weighted by Gasteiger charge is 2.52. The zero-order chi connectivity index (χ0) is 27.3. The van der Waals surface area contributed by atoms with Gasteiger partial charge in [-0.15, -0.1) is 11.3 Å². The molecular weight excluding hydrogens is 513 g/mol. The van der Waals surface area contributed by atoms with E-state index in [9.17, 15) is 0 Å². The fraction of sp³-hybridized carbons (Fsp3) is 0.100. The van der Waals surface area contributed by atoms with E-state index < -0.39 is 5.41 Å². The largest absolute Gasteiger partial charge is 0.135 e. The quantitative estimate of drug-likeness (QED) is 0.205. The van der Waals surface area contributed by atoms with Crippen molar-refractivity contribution in [2.45, 2.75) is 24.7 Å². The lowest BCUT2D eigenvalue weighted by molar-refractivity contribution is 0.634. The van der Waals surface area contributed by atoms with Gasteiger partial charge in [-0.2, -0.15) is 0 Å². The normalized spacial score (nSPS) is 15.5. The van der Waals surface area contributed by atoms with E-state index in [1.165, 1.54) is 75.8 Å². The van der Waals surface area contributed by atoms with Crippen LogP contribution in [0, 0.1) is 0 Å². The van der Waals surface area contributed by atoms with Crippen LogP contribution in [0.1, 0.15) is 47.2 Å². The van der Waals surface area contributed by atoms with Gasteiger partial charge in [0.15, 0.2) is 0 Å². The number of benzene rings is 6. The molecular formula is C40H28S. The molecule has 7 aromatic rings. The van der Waals surface area contributed by atoms with E-state index in [1.807, 2.05) is 11.3 Å². The van der Waals surface area contributed by atoms with E-state index in [1.54, 1.807) is 0 Å². The Hall–Kier alpha value is -4.46. The van der Waals surface area contributed by atoms with Crippen molar-refractivity contribution >= 4 is 31.5 Å². The topological polar surface area (TPSA) is 0 Å². The third-order valence-electron chi connectivity index (χ3n) is 9.72. The molecule has 0 aliphatic heterocycles. The molecule has 2 aliphatic rings. The molecule has 41 heavy (non-hydrogen) atoms. The summed E-state index contributed by atoms with van der Waals surface area (Å²) in [5.41, 5.74) is 13.3. The Balaban J connectivity index is 1.56. The van der Waals surface area contributed by atoms with E-state index in [0.717, 1.165) is 0 Å². The van der Waals surface area contributed by atoms with E-state index >= 15 is 0 Å². The van der Waals surface area contributed by atoms with Gasteiger partial charge in [0, 0.05) is 25.6 Å². The van der Waals surface area contributed by atoms with Crippen molar-refractivity contribution in [3.8, 4) is 22.3 Å². The molecule has 1 aromatic heterocycles. The van der Waals surface area contributed by atoms with Crippen LogP contribution >= 0.6 is 11.3 Å². The van der Waals surface area contributed by atoms with Crippen LogP contribution in [0.2, 0.25) is 0 Å². The molecule has 0 atom stereocenters. The molecule has 0 bridgehead atoms.